The molecular weight excluding hydrogens is 532 g/mol. The molecule has 5 rings (SSSR count). The third-order valence-corrected chi connectivity index (χ3v) is 9.47. The second-order valence-electron chi connectivity index (χ2n) is 12.0. The summed E-state index contributed by atoms with van der Waals surface area (Å²) >= 11 is 0. The van der Waals surface area contributed by atoms with Crippen LogP contribution in [0.15, 0.2) is 39.0 Å². The summed E-state index contributed by atoms with van der Waals surface area (Å²) in [6.45, 7) is 4.61. The van der Waals surface area contributed by atoms with Crippen molar-refractivity contribution in [2.45, 2.75) is 75.7 Å². The molecule has 1 aromatic carbocycles. The van der Waals surface area contributed by atoms with Crippen LogP contribution in [0.1, 0.15) is 61.0 Å². The average molecular weight is 567 g/mol. The molecule has 1 fully saturated rings. The second-order valence-corrected chi connectivity index (χ2v) is 12.0. The number of carbonyl (C=O) groups excluding carboxylic acids is 3. The van der Waals surface area contributed by atoms with Crippen LogP contribution in [0.2, 0.25) is 0 Å². The fraction of sp³-hybridized carbons (Fsp3) is 0.536. The second kappa shape index (κ2) is 9.64. The van der Waals surface area contributed by atoms with Gasteiger partial charge < -0.3 is 26.6 Å². The van der Waals surface area contributed by atoms with Crippen LogP contribution in [-0.2, 0) is 22.6 Å². The number of nitrogens with two attached hydrogens (primary N) is 2. The number of amides is 1. The molecule has 2 unspecified atom stereocenters. The zero-order valence-corrected chi connectivity index (χ0v) is 23.4. The third kappa shape index (κ3) is 3.90. The number of rotatable bonds is 6. The van der Waals surface area contributed by atoms with Gasteiger partial charge in [-0.2, -0.15) is 0 Å². The van der Waals surface area contributed by atoms with Crippen molar-refractivity contribution in [1.82, 2.24) is 4.90 Å². The van der Waals surface area contributed by atoms with Crippen LogP contribution in [0.25, 0.3) is 0 Å². The number of Topliss-reactive ketones (excluding diaryl/α,β-unsaturated/α-hetero) is 2. The minimum Gasteiger partial charge on any atom is -0.507 e. The van der Waals surface area contributed by atoms with E-state index in [2.05, 4.69) is 29.1 Å². The molecule has 1 aliphatic heterocycles. The molecule has 0 radical (unpaired) electrons. The number of aliphatic hydroxyl groups is 1. The summed E-state index contributed by atoms with van der Waals surface area (Å²) in [5.41, 5.74) is 6.19. The van der Waals surface area contributed by atoms with Crippen molar-refractivity contribution in [2.75, 3.05) is 19.0 Å². The molecule has 0 bridgehead atoms. The summed E-state index contributed by atoms with van der Waals surface area (Å²) in [5.74, 6) is -4.53. The van der Waals surface area contributed by atoms with Gasteiger partial charge in [0.25, 0.3) is 5.91 Å². The van der Waals surface area contributed by atoms with Crippen LogP contribution >= 0.6 is 0 Å². The number of likely N-dealkylation sites (tertiary alicyclic amines) is 1. The number of benzene rings is 1. The fourth-order valence-corrected chi connectivity index (χ4v) is 7.32. The van der Waals surface area contributed by atoms with Crippen LogP contribution in [0.5, 0.6) is 5.75 Å². The smallest absolute Gasteiger partial charge is 0.254 e. The molecule has 1 heterocycles. The Morgan fingerprint density at radius 3 is 2.34 bits per heavy atom. The van der Waals surface area contributed by atoms with E-state index < -0.39 is 57.9 Å². The summed E-state index contributed by atoms with van der Waals surface area (Å²) in [4.78, 5) is 67.8. The highest BCUT2D eigenvalue weighted by molar-refractivity contribution is 6.25. The molecule has 0 spiro atoms. The van der Waals surface area contributed by atoms with E-state index in [1.807, 2.05) is 25.1 Å². The molecule has 1 amide bonds. The average Bonchev–Trinajstić information content (AvgIpc) is 3.21. The zero-order chi connectivity index (χ0) is 30.2. The van der Waals surface area contributed by atoms with E-state index in [1.54, 1.807) is 0 Å². The Balaban J connectivity index is 1.72. The number of nitroso groups, excluding NO2 is 2. The first-order valence-corrected chi connectivity index (χ1v) is 13.6. The van der Waals surface area contributed by atoms with Gasteiger partial charge in [0, 0.05) is 56.0 Å². The maximum absolute atomic E-state index is 14.2. The van der Waals surface area contributed by atoms with E-state index in [0.29, 0.717) is 23.4 Å². The molecule has 1 saturated heterocycles. The third-order valence-electron chi connectivity index (χ3n) is 9.47. The summed E-state index contributed by atoms with van der Waals surface area (Å²) in [7, 11) is 3.63. The highest BCUT2D eigenvalue weighted by Crippen LogP contribution is 2.55. The lowest BCUT2D eigenvalue weighted by Gasteiger charge is -2.52. The topological polar surface area (TPSA) is 209 Å². The minimum atomic E-state index is -2.91. The van der Waals surface area contributed by atoms with Crippen molar-refractivity contribution in [2.24, 2.45) is 27.7 Å². The number of hydrogen-bond acceptors (Lipinski definition) is 12. The molecule has 4 aliphatic rings. The number of aromatic hydroxyl groups is 1. The lowest BCUT2D eigenvalue weighted by Crippen LogP contribution is -2.71. The van der Waals surface area contributed by atoms with Crippen molar-refractivity contribution in [1.29, 1.82) is 0 Å². The summed E-state index contributed by atoms with van der Waals surface area (Å²) in [6, 6.07) is 2.40. The molecule has 13 nitrogen and oxygen atoms in total. The van der Waals surface area contributed by atoms with Crippen molar-refractivity contribution < 1.29 is 24.6 Å². The zero-order valence-electron chi connectivity index (χ0n) is 23.4. The first kappa shape index (κ1) is 28.7. The number of allylic oxidation sites excluding steroid dienone is 1. The predicted molar refractivity (Wildman–Crippen MR) is 149 cm³/mol. The van der Waals surface area contributed by atoms with Gasteiger partial charge >= 0.3 is 0 Å². The summed E-state index contributed by atoms with van der Waals surface area (Å²) in [5, 5.41) is 29.0. The van der Waals surface area contributed by atoms with Gasteiger partial charge in [-0.25, -0.2) is 0 Å². The van der Waals surface area contributed by atoms with Gasteiger partial charge in [0.15, 0.2) is 11.4 Å². The Hall–Kier alpha value is -3.81. The minimum absolute atomic E-state index is 0.0320. The van der Waals surface area contributed by atoms with E-state index in [-0.39, 0.29) is 41.8 Å². The largest absolute Gasteiger partial charge is 0.507 e. The Bertz CT molecular complexity index is 1470. The molecular formula is C28H34N6O7. The number of primary amides is 1. The first-order valence-electron chi connectivity index (χ1n) is 13.6. The van der Waals surface area contributed by atoms with Crippen LogP contribution in [-0.4, -0.2) is 69.9 Å². The Labute approximate surface area is 236 Å². The number of phenolic OH excluding ortho intramolecular Hbond substituents is 1. The van der Waals surface area contributed by atoms with Crippen molar-refractivity contribution in [3.63, 3.8) is 0 Å². The number of phenols is 1. The number of ketones is 2. The quantitative estimate of drug-likeness (QED) is 0.288. The molecule has 13 heteroatoms. The van der Waals surface area contributed by atoms with E-state index in [4.69, 9.17) is 11.5 Å². The number of hydrogen-bond donors (Lipinski definition) is 4. The van der Waals surface area contributed by atoms with Gasteiger partial charge in [-0.1, -0.05) is 0 Å². The SMILES string of the molecule is CC1CCC(C)N1Cc1cc(N(C)C)c2c(c1O)C(=O)C1=C(N=O)[C@]3(O)C(=O)C(C(N)=O)=C(N=O)C[C@]3(N)C[C@@H]1C2. The molecule has 41 heavy (non-hydrogen) atoms. The number of anilines is 1. The molecule has 5 atom stereocenters. The first-order chi connectivity index (χ1) is 19.2. The normalized spacial score (nSPS) is 31.5. The van der Waals surface area contributed by atoms with Crippen LogP contribution in [0.4, 0.5) is 5.69 Å². The van der Waals surface area contributed by atoms with Crippen molar-refractivity contribution >= 4 is 23.2 Å². The van der Waals surface area contributed by atoms with Gasteiger partial charge in [-0.15, -0.1) is 9.81 Å². The number of fused-ring (bicyclic) bond motifs is 3. The molecule has 1 aromatic rings. The van der Waals surface area contributed by atoms with E-state index in [1.165, 1.54) is 0 Å². The van der Waals surface area contributed by atoms with Gasteiger partial charge in [-0.3, -0.25) is 19.3 Å². The lowest BCUT2D eigenvalue weighted by molar-refractivity contribution is -0.141. The molecule has 0 aromatic heterocycles. The maximum atomic E-state index is 14.2. The Kier molecular flexibility index (Phi) is 6.75. The standard InChI is InChI=1S/C28H34N6O7/c1-12-5-6-13(2)34(12)11-15-8-18(33(3)4)16-7-14-9-27(30)10-17(31-40)21(26(29)38)25(37)28(27,39)24(32-41)19(14)23(36)20(16)22(15)35/h8,12-14,35,39H,5-7,9-11,30H2,1-4H3,(H2,29,38)/t12?,13?,14-,27+,28-/m0/s1. The van der Waals surface area contributed by atoms with Gasteiger partial charge in [0.2, 0.25) is 5.78 Å². The Morgan fingerprint density at radius 2 is 1.80 bits per heavy atom. The number of carbonyl (C=O) groups is 3. The van der Waals surface area contributed by atoms with E-state index in [9.17, 15) is 34.4 Å². The Morgan fingerprint density at radius 1 is 1.17 bits per heavy atom. The lowest BCUT2D eigenvalue weighted by atomic mass is 9.55. The van der Waals surface area contributed by atoms with E-state index >= 15 is 0 Å². The summed E-state index contributed by atoms with van der Waals surface area (Å²) < 4.78 is 0. The maximum Gasteiger partial charge on any atom is 0.254 e. The number of nitrogens with zero attached hydrogens (tertiary/aromatic N) is 4. The highest BCUT2D eigenvalue weighted by Gasteiger charge is 2.66. The van der Waals surface area contributed by atoms with Crippen LogP contribution in [0.3, 0.4) is 0 Å². The van der Waals surface area contributed by atoms with Gasteiger partial charge in [0.05, 0.1) is 11.1 Å². The monoisotopic (exact) mass is 566 g/mol. The van der Waals surface area contributed by atoms with Crippen molar-refractivity contribution in [3.05, 3.63) is 55.1 Å². The van der Waals surface area contributed by atoms with Gasteiger partial charge in [-0.05, 0) is 67.4 Å². The highest BCUT2D eigenvalue weighted by atomic mass is 16.3. The predicted octanol–water partition coefficient (Wildman–Crippen LogP) is 1.52. The molecule has 0 saturated carbocycles. The molecule has 3 aliphatic carbocycles. The molecule has 6 N–H and O–H groups in total. The van der Waals surface area contributed by atoms with E-state index in [0.717, 1.165) is 12.8 Å². The van der Waals surface area contributed by atoms with Crippen LogP contribution in [0, 0.1) is 15.7 Å². The summed E-state index contributed by atoms with van der Waals surface area (Å²) in [6.07, 6.45) is 1.39. The fourth-order valence-electron chi connectivity index (χ4n) is 7.32. The van der Waals surface area contributed by atoms with Crippen molar-refractivity contribution in [3.8, 4) is 5.75 Å². The van der Waals surface area contributed by atoms with Gasteiger partial charge in [0.1, 0.15) is 22.7 Å². The molecule has 218 valence electrons. The van der Waals surface area contributed by atoms with Crippen LogP contribution < -0.4 is 16.4 Å².